The van der Waals surface area contributed by atoms with E-state index < -0.39 is 0 Å². The Hall–Kier alpha value is -1.55. The molecule has 118 valence electrons. The molecule has 0 aliphatic rings. The van der Waals surface area contributed by atoms with Crippen LogP contribution in [0.25, 0.3) is 0 Å². The van der Waals surface area contributed by atoms with Crippen molar-refractivity contribution in [1.29, 1.82) is 0 Å². The Morgan fingerprint density at radius 1 is 1.33 bits per heavy atom. The van der Waals surface area contributed by atoms with Gasteiger partial charge in [0, 0.05) is 18.8 Å². The Morgan fingerprint density at radius 3 is 2.62 bits per heavy atom. The van der Waals surface area contributed by atoms with Crippen LogP contribution in [0.5, 0.6) is 0 Å². The predicted molar refractivity (Wildman–Crippen MR) is 88.9 cm³/mol. The van der Waals surface area contributed by atoms with Crippen molar-refractivity contribution in [2.75, 3.05) is 18.8 Å². The zero-order valence-corrected chi connectivity index (χ0v) is 13.7. The lowest BCUT2D eigenvalue weighted by Crippen LogP contribution is -2.45. The standard InChI is InChI=1S/C17H29N3O/c1-5-9-20(12-15-7-6-8-16(18)10-15)14(4)17(21)19-11-13(2)3/h6-8,10,13-14H,5,9,11-12,18H2,1-4H3,(H,19,21). The molecule has 4 heteroatoms. The Morgan fingerprint density at radius 2 is 2.05 bits per heavy atom. The number of nitrogens with zero attached hydrogens (tertiary/aromatic N) is 1. The fraction of sp³-hybridized carbons (Fsp3) is 0.588. The number of benzene rings is 1. The summed E-state index contributed by atoms with van der Waals surface area (Å²) in [6.45, 7) is 10.7. The van der Waals surface area contributed by atoms with Crippen molar-refractivity contribution in [3.05, 3.63) is 29.8 Å². The van der Waals surface area contributed by atoms with Gasteiger partial charge in [0.15, 0.2) is 0 Å². The van der Waals surface area contributed by atoms with Crippen molar-refractivity contribution in [2.24, 2.45) is 5.92 Å². The lowest BCUT2D eigenvalue weighted by Gasteiger charge is -2.28. The van der Waals surface area contributed by atoms with Crippen LogP contribution < -0.4 is 11.1 Å². The maximum absolute atomic E-state index is 12.2. The monoisotopic (exact) mass is 291 g/mol. The van der Waals surface area contributed by atoms with Gasteiger partial charge >= 0.3 is 0 Å². The molecule has 21 heavy (non-hydrogen) atoms. The minimum atomic E-state index is -0.134. The molecule has 0 fully saturated rings. The number of nitrogens with one attached hydrogen (secondary N) is 1. The van der Waals surface area contributed by atoms with Gasteiger partial charge in [0.1, 0.15) is 0 Å². The SMILES string of the molecule is CCCN(Cc1cccc(N)c1)C(C)C(=O)NCC(C)C. The second-order valence-corrected chi connectivity index (χ2v) is 6.03. The molecular weight excluding hydrogens is 262 g/mol. The third-order valence-corrected chi connectivity index (χ3v) is 3.46. The van der Waals surface area contributed by atoms with Gasteiger partial charge in [-0.1, -0.05) is 32.9 Å². The Bertz CT molecular complexity index is 445. The summed E-state index contributed by atoms with van der Waals surface area (Å²) < 4.78 is 0. The van der Waals surface area contributed by atoms with Gasteiger partial charge in [0.2, 0.25) is 5.91 Å². The van der Waals surface area contributed by atoms with Crippen LogP contribution in [0.3, 0.4) is 0 Å². The molecule has 4 nitrogen and oxygen atoms in total. The molecule has 1 aromatic carbocycles. The van der Waals surface area contributed by atoms with Gasteiger partial charge in [-0.15, -0.1) is 0 Å². The Kier molecular flexibility index (Phi) is 7.23. The van der Waals surface area contributed by atoms with Crippen molar-refractivity contribution in [2.45, 2.75) is 46.7 Å². The number of anilines is 1. The smallest absolute Gasteiger partial charge is 0.237 e. The number of carbonyl (C=O) groups excluding carboxylic acids is 1. The maximum Gasteiger partial charge on any atom is 0.237 e. The molecule has 0 heterocycles. The van der Waals surface area contributed by atoms with Crippen LogP contribution in [-0.2, 0) is 11.3 Å². The topological polar surface area (TPSA) is 58.4 Å². The van der Waals surface area contributed by atoms with Crippen molar-refractivity contribution >= 4 is 11.6 Å². The largest absolute Gasteiger partial charge is 0.399 e. The lowest BCUT2D eigenvalue weighted by molar-refractivity contribution is -0.126. The van der Waals surface area contributed by atoms with E-state index in [1.165, 1.54) is 0 Å². The second-order valence-electron chi connectivity index (χ2n) is 6.03. The van der Waals surface area contributed by atoms with E-state index in [4.69, 9.17) is 5.73 Å². The number of hydrogen-bond acceptors (Lipinski definition) is 3. The fourth-order valence-electron chi connectivity index (χ4n) is 2.24. The molecule has 0 saturated heterocycles. The van der Waals surface area contributed by atoms with Crippen LogP contribution in [0, 0.1) is 5.92 Å². The summed E-state index contributed by atoms with van der Waals surface area (Å²) in [4.78, 5) is 14.4. The number of nitrogen functional groups attached to an aromatic ring is 1. The highest BCUT2D eigenvalue weighted by Crippen LogP contribution is 2.12. The first-order valence-corrected chi connectivity index (χ1v) is 7.80. The van der Waals surface area contributed by atoms with E-state index in [2.05, 4.69) is 37.1 Å². The molecule has 0 aromatic heterocycles. The number of carbonyl (C=O) groups is 1. The van der Waals surface area contributed by atoms with Gasteiger partial charge in [0.25, 0.3) is 0 Å². The van der Waals surface area contributed by atoms with Gasteiger partial charge in [-0.25, -0.2) is 0 Å². The number of rotatable bonds is 8. The number of nitrogens with two attached hydrogens (primary N) is 1. The predicted octanol–water partition coefficient (Wildman–Crippen LogP) is 2.64. The first-order chi connectivity index (χ1) is 9.93. The highest BCUT2D eigenvalue weighted by Gasteiger charge is 2.20. The highest BCUT2D eigenvalue weighted by atomic mass is 16.2. The second kappa shape index (κ2) is 8.67. The molecular formula is C17H29N3O. The molecule has 1 unspecified atom stereocenters. The van der Waals surface area contributed by atoms with Crippen molar-refractivity contribution in [1.82, 2.24) is 10.2 Å². The number of amides is 1. The van der Waals surface area contributed by atoms with Crippen molar-refractivity contribution in [3.63, 3.8) is 0 Å². The summed E-state index contributed by atoms with van der Waals surface area (Å²) in [5.74, 6) is 0.566. The summed E-state index contributed by atoms with van der Waals surface area (Å²) in [7, 11) is 0. The summed E-state index contributed by atoms with van der Waals surface area (Å²) in [6.07, 6.45) is 1.02. The molecule has 0 aliphatic carbocycles. The van der Waals surface area contributed by atoms with E-state index >= 15 is 0 Å². The van der Waals surface area contributed by atoms with E-state index in [0.717, 1.165) is 37.3 Å². The molecule has 0 aliphatic heterocycles. The Labute approximate surface area is 128 Å². The number of hydrogen-bond donors (Lipinski definition) is 2. The van der Waals surface area contributed by atoms with E-state index in [0.29, 0.717) is 5.92 Å². The van der Waals surface area contributed by atoms with E-state index in [1.807, 2.05) is 25.1 Å². The van der Waals surface area contributed by atoms with Crippen molar-refractivity contribution in [3.8, 4) is 0 Å². The van der Waals surface area contributed by atoms with Gasteiger partial charge < -0.3 is 11.1 Å². The third-order valence-electron chi connectivity index (χ3n) is 3.46. The normalized spacial score (nSPS) is 12.7. The molecule has 0 bridgehead atoms. The van der Waals surface area contributed by atoms with Crippen LogP contribution in [0.15, 0.2) is 24.3 Å². The van der Waals surface area contributed by atoms with Crippen LogP contribution in [0.4, 0.5) is 5.69 Å². The fourth-order valence-corrected chi connectivity index (χ4v) is 2.24. The Balaban J connectivity index is 2.69. The zero-order valence-electron chi connectivity index (χ0n) is 13.7. The maximum atomic E-state index is 12.2. The summed E-state index contributed by atoms with van der Waals surface area (Å²) >= 11 is 0. The summed E-state index contributed by atoms with van der Waals surface area (Å²) in [6, 6.07) is 7.73. The molecule has 0 radical (unpaired) electrons. The quantitative estimate of drug-likeness (QED) is 0.724. The van der Waals surface area contributed by atoms with E-state index in [-0.39, 0.29) is 11.9 Å². The van der Waals surface area contributed by atoms with Gasteiger partial charge in [-0.3, -0.25) is 9.69 Å². The van der Waals surface area contributed by atoms with Crippen LogP contribution in [-0.4, -0.2) is 29.9 Å². The molecule has 1 atom stereocenters. The first kappa shape index (κ1) is 17.5. The average Bonchev–Trinajstić information content (AvgIpc) is 2.43. The van der Waals surface area contributed by atoms with Crippen LogP contribution >= 0.6 is 0 Å². The van der Waals surface area contributed by atoms with Crippen LogP contribution in [0.2, 0.25) is 0 Å². The van der Waals surface area contributed by atoms with Gasteiger partial charge in [-0.2, -0.15) is 0 Å². The molecule has 0 spiro atoms. The van der Waals surface area contributed by atoms with E-state index in [9.17, 15) is 4.79 Å². The zero-order chi connectivity index (χ0) is 15.8. The molecule has 1 aromatic rings. The first-order valence-electron chi connectivity index (χ1n) is 7.80. The van der Waals surface area contributed by atoms with Gasteiger partial charge in [0.05, 0.1) is 6.04 Å². The molecule has 3 N–H and O–H groups in total. The minimum Gasteiger partial charge on any atom is -0.399 e. The van der Waals surface area contributed by atoms with E-state index in [1.54, 1.807) is 0 Å². The molecule has 1 amide bonds. The molecule has 0 saturated carbocycles. The van der Waals surface area contributed by atoms with Crippen molar-refractivity contribution < 1.29 is 4.79 Å². The third kappa shape index (κ3) is 6.17. The highest BCUT2D eigenvalue weighted by molar-refractivity contribution is 5.81. The molecule has 1 rings (SSSR count). The summed E-state index contributed by atoms with van der Waals surface area (Å²) in [5, 5.41) is 3.01. The lowest BCUT2D eigenvalue weighted by atomic mass is 10.1. The van der Waals surface area contributed by atoms with Crippen LogP contribution in [0.1, 0.15) is 39.7 Å². The van der Waals surface area contributed by atoms with Gasteiger partial charge in [-0.05, 0) is 43.5 Å². The minimum absolute atomic E-state index is 0.0982. The average molecular weight is 291 g/mol. The summed E-state index contributed by atoms with van der Waals surface area (Å²) in [5.41, 5.74) is 7.74.